The number of amides is 1. The minimum atomic E-state index is -0.0778. The number of carbonyl (C=O) groups is 1. The number of fused-ring (bicyclic) bond motifs is 1. The lowest BCUT2D eigenvalue weighted by Crippen LogP contribution is -2.23. The van der Waals surface area contributed by atoms with Gasteiger partial charge in [-0.05, 0) is 69.2 Å². The number of nitrogens with one attached hydrogen (secondary N) is 1. The number of hydrogen-bond acceptors (Lipinski definition) is 2. The summed E-state index contributed by atoms with van der Waals surface area (Å²) in [5, 5.41) is 8.92. The van der Waals surface area contributed by atoms with Crippen molar-refractivity contribution in [1.82, 2.24) is 19.7 Å². The van der Waals surface area contributed by atoms with E-state index in [2.05, 4.69) is 54.1 Å². The maximum Gasteiger partial charge on any atom is 0.251 e. The van der Waals surface area contributed by atoms with Crippen LogP contribution in [0, 0.1) is 27.7 Å². The quantitative estimate of drug-likeness (QED) is 0.334. The molecule has 0 bridgehead atoms. The average Bonchev–Trinajstić information content (AvgIpc) is 3.30. The molecule has 176 valence electrons. The van der Waals surface area contributed by atoms with Crippen molar-refractivity contribution >= 4 is 16.8 Å². The summed E-state index contributed by atoms with van der Waals surface area (Å²) in [7, 11) is 0. The van der Waals surface area contributed by atoms with Gasteiger partial charge in [-0.3, -0.25) is 4.79 Å². The first-order chi connectivity index (χ1) is 16.9. The molecule has 0 aliphatic carbocycles. The summed E-state index contributed by atoms with van der Waals surface area (Å²) in [4.78, 5) is 13.1. The van der Waals surface area contributed by atoms with Gasteiger partial charge in [-0.25, -0.2) is 4.68 Å². The Morgan fingerprint density at radius 2 is 1.54 bits per heavy atom. The second-order valence-electron chi connectivity index (χ2n) is 9.09. The zero-order valence-corrected chi connectivity index (χ0v) is 20.7. The molecule has 0 saturated heterocycles. The summed E-state index contributed by atoms with van der Waals surface area (Å²) in [6.07, 6.45) is 0. The van der Waals surface area contributed by atoms with Crippen LogP contribution in [0.4, 0.5) is 0 Å². The fourth-order valence-electron chi connectivity index (χ4n) is 4.78. The van der Waals surface area contributed by atoms with E-state index in [1.54, 1.807) is 0 Å². The fourth-order valence-corrected chi connectivity index (χ4v) is 4.78. The number of carbonyl (C=O) groups excluding carboxylic acids is 1. The minimum Gasteiger partial charge on any atom is -0.348 e. The van der Waals surface area contributed by atoms with Gasteiger partial charge in [-0.1, -0.05) is 48.5 Å². The van der Waals surface area contributed by atoms with E-state index in [0.717, 1.165) is 40.1 Å². The molecule has 0 unspecified atom stereocenters. The van der Waals surface area contributed by atoms with E-state index in [1.807, 2.05) is 67.1 Å². The molecule has 3 aromatic carbocycles. The number of aromatic nitrogens is 3. The first-order valence-corrected chi connectivity index (χ1v) is 12.0. The van der Waals surface area contributed by atoms with E-state index in [4.69, 9.17) is 5.10 Å². The number of benzene rings is 3. The van der Waals surface area contributed by atoms with Crippen LogP contribution in [-0.2, 0) is 13.1 Å². The highest BCUT2D eigenvalue weighted by molar-refractivity contribution is 5.99. The van der Waals surface area contributed by atoms with E-state index in [1.165, 1.54) is 16.8 Å². The lowest BCUT2D eigenvalue weighted by atomic mass is 10.1. The molecule has 35 heavy (non-hydrogen) atoms. The largest absolute Gasteiger partial charge is 0.348 e. The molecule has 1 amide bonds. The van der Waals surface area contributed by atoms with Gasteiger partial charge in [0.05, 0.1) is 11.4 Å². The molecule has 0 spiro atoms. The lowest BCUT2D eigenvalue weighted by molar-refractivity contribution is 0.0951. The highest BCUT2D eigenvalue weighted by Crippen LogP contribution is 2.27. The van der Waals surface area contributed by atoms with Crippen LogP contribution in [-0.4, -0.2) is 20.3 Å². The van der Waals surface area contributed by atoms with Crippen molar-refractivity contribution < 1.29 is 4.79 Å². The summed E-state index contributed by atoms with van der Waals surface area (Å²) in [5.74, 6) is -0.0778. The van der Waals surface area contributed by atoms with E-state index >= 15 is 0 Å². The molecule has 2 heterocycles. The first-order valence-electron chi connectivity index (χ1n) is 12.0. The fraction of sp³-hybridized carbons (Fsp3) is 0.200. The molecule has 0 fully saturated rings. The van der Waals surface area contributed by atoms with Gasteiger partial charge in [0.2, 0.25) is 0 Å². The van der Waals surface area contributed by atoms with Gasteiger partial charge in [0, 0.05) is 46.5 Å². The molecule has 2 aromatic heterocycles. The summed E-state index contributed by atoms with van der Waals surface area (Å²) >= 11 is 0. The Labute approximate surface area is 206 Å². The first kappa shape index (κ1) is 22.7. The van der Waals surface area contributed by atoms with Crippen LogP contribution in [0.15, 0.2) is 78.9 Å². The Bertz CT molecular complexity index is 1510. The van der Waals surface area contributed by atoms with Gasteiger partial charge in [0.1, 0.15) is 0 Å². The normalized spacial score (nSPS) is 11.2. The zero-order chi connectivity index (χ0) is 24.5. The standard InChI is InChI=1S/C30H30N4O/c1-20-22(3)33(19-24-11-7-5-8-12-24)29-16-15-25(17-27(20)29)30(35)31-18-28-21(2)32-34(23(28)4)26-13-9-6-10-14-26/h5-17H,18-19H2,1-4H3,(H,31,35). The highest BCUT2D eigenvalue weighted by Gasteiger charge is 2.17. The SMILES string of the molecule is Cc1nn(-c2ccccc2)c(C)c1CNC(=O)c1ccc2c(c1)c(C)c(C)n2Cc1ccccc1. The molecular weight excluding hydrogens is 432 g/mol. The van der Waals surface area contributed by atoms with Crippen LogP contribution >= 0.6 is 0 Å². The highest BCUT2D eigenvalue weighted by atomic mass is 16.1. The maximum absolute atomic E-state index is 13.1. The van der Waals surface area contributed by atoms with Crippen LogP contribution < -0.4 is 5.32 Å². The van der Waals surface area contributed by atoms with Crippen molar-refractivity contribution in [3.8, 4) is 5.69 Å². The second kappa shape index (κ2) is 9.26. The molecule has 5 aromatic rings. The maximum atomic E-state index is 13.1. The Morgan fingerprint density at radius 1 is 0.857 bits per heavy atom. The molecule has 0 aliphatic heterocycles. The van der Waals surface area contributed by atoms with E-state index in [-0.39, 0.29) is 5.91 Å². The van der Waals surface area contributed by atoms with Gasteiger partial charge in [0.25, 0.3) is 5.91 Å². The van der Waals surface area contributed by atoms with Crippen molar-refractivity contribution in [2.24, 2.45) is 0 Å². The van der Waals surface area contributed by atoms with Crippen molar-refractivity contribution in [2.75, 3.05) is 0 Å². The second-order valence-corrected chi connectivity index (χ2v) is 9.09. The van der Waals surface area contributed by atoms with Gasteiger partial charge in [0.15, 0.2) is 0 Å². The number of rotatable bonds is 6. The smallest absolute Gasteiger partial charge is 0.251 e. The van der Waals surface area contributed by atoms with Gasteiger partial charge in [-0.15, -0.1) is 0 Å². The monoisotopic (exact) mass is 462 g/mol. The van der Waals surface area contributed by atoms with Crippen LogP contribution in [0.5, 0.6) is 0 Å². The Kier molecular flexibility index (Phi) is 6.00. The van der Waals surface area contributed by atoms with Crippen LogP contribution in [0.3, 0.4) is 0 Å². The summed E-state index contributed by atoms with van der Waals surface area (Å²) in [6, 6.07) is 26.5. The van der Waals surface area contributed by atoms with Gasteiger partial charge < -0.3 is 9.88 Å². The van der Waals surface area contributed by atoms with Crippen LogP contribution in [0.1, 0.15) is 44.1 Å². The van der Waals surface area contributed by atoms with Crippen LogP contribution in [0.2, 0.25) is 0 Å². The van der Waals surface area contributed by atoms with Gasteiger partial charge >= 0.3 is 0 Å². The van der Waals surface area contributed by atoms with Crippen molar-refractivity contribution in [3.63, 3.8) is 0 Å². The molecular formula is C30H30N4O. The Morgan fingerprint density at radius 3 is 2.26 bits per heavy atom. The Balaban J connectivity index is 1.37. The third kappa shape index (κ3) is 4.26. The lowest BCUT2D eigenvalue weighted by Gasteiger charge is -2.10. The van der Waals surface area contributed by atoms with Gasteiger partial charge in [-0.2, -0.15) is 5.10 Å². The zero-order valence-electron chi connectivity index (χ0n) is 20.7. The molecule has 0 saturated carbocycles. The van der Waals surface area contributed by atoms with E-state index < -0.39 is 0 Å². The topological polar surface area (TPSA) is 51.9 Å². The van der Waals surface area contributed by atoms with Crippen molar-refractivity contribution in [2.45, 2.75) is 40.8 Å². The molecule has 5 nitrogen and oxygen atoms in total. The predicted molar refractivity (Wildman–Crippen MR) is 141 cm³/mol. The van der Waals surface area contributed by atoms with E-state index in [0.29, 0.717) is 12.1 Å². The van der Waals surface area contributed by atoms with E-state index in [9.17, 15) is 4.79 Å². The summed E-state index contributed by atoms with van der Waals surface area (Å²) in [5.41, 5.74) is 9.53. The number of aryl methyl sites for hydroxylation is 2. The van der Waals surface area contributed by atoms with Crippen molar-refractivity contribution in [1.29, 1.82) is 0 Å². The number of nitrogens with zero attached hydrogens (tertiary/aromatic N) is 3. The molecule has 1 N–H and O–H groups in total. The molecule has 0 radical (unpaired) electrons. The molecule has 0 atom stereocenters. The molecule has 5 heteroatoms. The summed E-state index contributed by atoms with van der Waals surface area (Å²) in [6.45, 7) is 9.56. The number of hydrogen-bond donors (Lipinski definition) is 1. The van der Waals surface area contributed by atoms with Crippen molar-refractivity contribution in [3.05, 3.63) is 118 Å². The predicted octanol–water partition coefficient (Wildman–Crippen LogP) is 6.04. The Hall–Kier alpha value is -4.12. The average molecular weight is 463 g/mol. The minimum absolute atomic E-state index is 0.0778. The number of para-hydroxylation sites is 1. The third-order valence-electron chi connectivity index (χ3n) is 6.95. The molecule has 0 aliphatic rings. The summed E-state index contributed by atoms with van der Waals surface area (Å²) < 4.78 is 4.26. The third-order valence-corrected chi connectivity index (χ3v) is 6.95. The van der Waals surface area contributed by atoms with Crippen LogP contribution in [0.25, 0.3) is 16.6 Å². The molecule has 5 rings (SSSR count).